The van der Waals surface area contributed by atoms with Gasteiger partial charge in [-0.25, -0.2) is 18.2 Å². The molecule has 154 valence electrons. The Kier molecular flexibility index (Phi) is 4.88. The monoisotopic (exact) mass is 438 g/mol. The van der Waals surface area contributed by atoms with Crippen molar-refractivity contribution in [2.45, 2.75) is 23.7 Å². The van der Waals surface area contributed by atoms with Crippen molar-refractivity contribution in [3.8, 4) is 0 Å². The Balaban J connectivity index is 1.57. The molecule has 2 aromatic heterocycles. The zero-order valence-corrected chi connectivity index (χ0v) is 17.4. The SMILES string of the molecule is Cn1cc(S(=O)(=O)N2CCC(c3nc4cc(Cl)ccc4o3)CC2)c(=O)n(C)c1=O. The number of rotatable bonds is 3. The Morgan fingerprint density at radius 3 is 2.55 bits per heavy atom. The van der Waals surface area contributed by atoms with Crippen LogP contribution in [0.3, 0.4) is 0 Å². The third-order valence-electron chi connectivity index (χ3n) is 5.20. The van der Waals surface area contributed by atoms with Crippen molar-refractivity contribution in [3.05, 3.63) is 56.1 Å². The quantitative estimate of drug-likeness (QED) is 0.612. The average molecular weight is 439 g/mol. The molecule has 9 nitrogen and oxygen atoms in total. The average Bonchev–Trinajstić information content (AvgIpc) is 3.12. The minimum absolute atomic E-state index is 0.0319. The van der Waals surface area contributed by atoms with E-state index >= 15 is 0 Å². The summed E-state index contributed by atoms with van der Waals surface area (Å²) in [5.74, 6) is 0.521. The number of halogens is 1. The zero-order chi connectivity index (χ0) is 20.9. The smallest absolute Gasteiger partial charge is 0.330 e. The Morgan fingerprint density at radius 1 is 1.17 bits per heavy atom. The first-order chi connectivity index (χ1) is 13.7. The number of aromatic nitrogens is 3. The van der Waals surface area contributed by atoms with E-state index in [1.807, 2.05) is 0 Å². The van der Waals surface area contributed by atoms with E-state index in [1.165, 1.54) is 18.4 Å². The number of sulfonamides is 1. The van der Waals surface area contributed by atoms with Crippen molar-refractivity contribution in [1.29, 1.82) is 0 Å². The lowest BCUT2D eigenvalue weighted by Gasteiger charge is -2.29. The summed E-state index contributed by atoms with van der Waals surface area (Å²) in [7, 11) is -1.35. The van der Waals surface area contributed by atoms with Crippen LogP contribution in [0.5, 0.6) is 0 Å². The van der Waals surface area contributed by atoms with Gasteiger partial charge in [-0.15, -0.1) is 0 Å². The standard InChI is InChI=1S/C18H19ClN4O5S/c1-21-10-15(17(24)22(2)18(21)25)29(26,27)23-7-5-11(6-8-23)16-20-13-9-12(19)3-4-14(13)28-16/h3-4,9-11H,5-8H2,1-2H3. The molecule has 0 bridgehead atoms. The second-order valence-electron chi connectivity index (χ2n) is 7.09. The van der Waals surface area contributed by atoms with Gasteiger partial charge < -0.3 is 8.98 Å². The molecule has 1 fully saturated rings. The molecule has 0 saturated carbocycles. The molecule has 1 aliphatic heterocycles. The van der Waals surface area contributed by atoms with Crippen LogP contribution in [-0.2, 0) is 24.1 Å². The highest BCUT2D eigenvalue weighted by molar-refractivity contribution is 7.89. The fraction of sp³-hybridized carbons (Fsp3) is 0.389. The van der Waals surface area contributed by atoms with E-state index in [0.717, 1.165) is 15.3 Å². The van der Waals surface area contributed by atoms with Crippen molar-refractivity contribution in [2.24, 2.45) is 14.1 Å². The largest absolute Gasteiger partial charge is 0.440 e. The molecule has 3 heterocycles. The molecule has 3 aromatic rings. The lowest BCUT2D eigenvalue weighted by Crippen LogP contribution is -2.44. The molecule has 29 heavy (non-hydrogen) atoms. The Hall–Kier alpha value is -2.43. The van der Waals surface area contributed by atoms with Crippen molar-refractivity contribution >= 4 is 32.7 Å². The van der Waals surface area contributed by atoms with Crippen LogP contribution in [0, 0.1) is 0 Å². The Morgan fingerprint density at radius 2 is 1.86 bits per heavy atom. The normalized spacial score (nSPS) is 16.5. The molecule has 4 rings (SSSR count). The molecule has 1 saturated heterocycles. The Bertz CT molecular complexity index is 1320. The third-order valence-corrected chi connectivity index (χ3v) is 7.32. The van der Waals surface area contributed by atoms with Gasteiger partial charge >= 0.3 is 5.69 Å². The van der Waals surface area contributed by atoms with Crippen LogP contribution < -0.4 is 11.2 Å². The topological polar surface area (TPSA) is 107 Å². The van der Waals surface area contributed by atoms with Gasteiger partial charge in [0.1, 0.15) is 5.52 Å². The highest BCUT2D eigenvalue weighted by Gasteiger charge is 2.34. The molecule has 1 aliphatic rings. The molecule has 0 N–H and O–H groups in total. The minimum Gasteiger partial charge on any atom is -0.440 e. The highest BCUT2D eigenvalue weighted by atomic mass is 35.5. The second kappa shape index (κ2) is 7.12. The summed E-state index contributed by atoms with van der Waals surface area (Å²) in [5, 5.41) is 0.567. The van der Waals surface area contributed by atoms with Crippen molar-refractivity contribution in [1.82, 2.24) is 18.4 Å². The lowest BCUT2D eigenvalue weighted by atomic mass is 9.98. The van der Waals surface area contributed by atoms with Crippen LogP contribution in [0.15, 0.2) is 43.3 Å². The van der Waals surface area contributed by atoms with Gasteiger partial charge in [0.05, 0.1) is 0 Å². The van der Waals surface area contributed by atoms with E-state index in [1.54, 1.807) is 18.2 Å². The van der Waals surface area contributed by atoms with Crippen LogP contribution in [0.1, 0.15) is 24.7 Å². The number of piperidine rings is 1. The van der Waals surface area contributed by atoms with Gasteiger partial charge in [0.15, 0.2) is 16.4 Å². The summed E-state index contributed by atoms with van der Waals surface area (Å²) < 4.78 is 34.9. The van der Waals surface area contributed by atoms with Gasteiger partial charge in [0, 0.05) is 44.3 Å². The number of fused-ring (bicyclic) bond motifs is 1. The number of hydrogen-bond donors (Lipinski definition) is 0. The first kappa shape index (κ1) is 19.9. The zero-order valence-electron chi connectivity index (χ0n) is 15.8. The van der Waals surface area contributed by atoms with Crippen LogP contribution >= 0.6 is 11.6 Å². The van der Waals surface area contributed by atoms with Crippen molar-refractivity contribution in [3.63, 3.8) is 0 Å². The molecular formula is C18H19ClN4O5S. The molecule has 0 atom stereocenters. The Labute approximate surface area is 171 Å². The van der Waals surface area contributed by atoms with Gasteiger partial charge in [-0.05, 0) is 31.0 Å². The summed E-state index contributed by atoms with van der Waals surface area (Å²) in [6, 6.07) is 5.20. The summed E-state index contributed by atoms with van der Waals surface area (Å²) in [6.07, 6.45) is 2.09. The number of hydrogen-bond acceptors (Lipinski definition) is 6. The number of aryl methyl sites for hydroxylation is 1. The molecule has 0 unspecified atom stereocenters. The third kappa shape index (κ3) is 3.41. The maximum absolute atomic E-state index is 13.0. The summed E-state index contributed by atoms with van der Waals surface area (Å²) in [4.78, 5) is 28.3. The molecule has 11 heteroatoms. The summed E-state index contributed by atoms with van der Waals surface area (Å²) in [5.41, 5.74) is -0.112. The number of benzene rings is 1. The number of oxazole rings is 1. The van der Waals surface area contributed by atoms with E-state index in [-0.39, 0.29) is 19.0 Å². The highest BCUT2D eigenvalue weighted by Crippen LogP contribution is 2.32. The summed E-state index contributed by atoms with van der Waals surface area (Å²) in [6.45, 7) is 0.441. The van der Waals surface area contributed by atoms with Gasteiger partial charge in [-0.2, -0.15) is 4.31 Å². The van der Waals surface area contributed by atoms with Crippen molar-refractivity contribution in [2.75, 3.05) is 13.1 Å². The molecule has 0 aliphatic carbocycles. The molecule has 0 amide bonds. The predicted molar refractivity (Wildman–Crippen MR) is 107 cm³/mol. The van der Waals surface area contributed by atoms with Crippen LogP contribution in [-0.4, -0.2) is 39.9 Å². The maximum atomic E-state index is 13.0. The first-order valence-electron chi connectivity index (χ1n) is 9.01. The first-order valence-corrected chi connectivity index (χ1v) is 10.8. The van der Waals surface area contributed by atoms with E-state index in [0.29, 0.717) is 34.9 Å². The van der Waals surface area contributed by atoms with Gasteiger partial charge in [0.2, 0.25) is 10.0 Å². The fourth-order valence-corrected chi connectivity index (χ4v) is 5.31. The lowest BCUT2D eigenvalue weighted by molar-refractivity contribution is 0.293. The van der Waals surface area contributed by atoms with Crippen LogP contribution in [0.2, 0.25) is 5.02 Å². The van der Waals surface area contributed by atoms with E-state index in [2.05, 4.69) is 4.98 Å². The summed E-state index contributed by atoms with van der Waals surface area (Å²) >= 11 is 5.98. The van der Waals surface area contributed by atoms with E-state index in [4.69, 9.17) is 16.0 Å². The van der Waals surface area contributed by atoms with E-state index in [9.17, 15) is 18.0 Å². The van der Waals surface area contributed by atoms with E-state index < -0.39 is 26.2 Å². The fourth-order valence-electron chi connectivity index (χ4n) is 3.53. The van der Waals surface area contributed by atoms with Gasteiger partial charge in [-0.3, -0.25) is 9.36 Å². The predicted octanol–water partition coefficient (Wildman–Crippen LogP) is 1.45. The molecule has 1 aromatic carbocycles. The van der Waals surface area contributed by atoms with Crippen LogP contribution in [0.4, 0.5) is 0 Å². The molecule has 0 radical (unpaired) electrons. The number of nitrogens with zero attached hydrogens (tertiary/aromatic N) is 4. The second-order valence-corrected chi connectivity index (χ2v) is 9.44. The van der Waals surface area contributed by atoms with Crippen molar-refractivity contribution < 1.29 is 12.8 Å². The van der Waals surface area contributed by atoms with Crippen LogP contribution in [0.25, 0.3) is 11.1 Å². The molecular weight excluding hydrogens is 420 g/mol. The molecule has 0 spiro atoms. The maximum Gasteiger partial charge on any atom is 0.330 e. The minimum atomic E-state index is -4.02. The van der Waals surface area contributed by atoms with Gasteiger partial charge in [0.25, 0.3) is 5.56 Å². The van der Waals surface area contributed by atoms with Gasteiger partial charge in [-0.1, -0.05) is 11.6 Å².